The number of aromatic nitrogens is 2. The van der Waals surface area contributed by atoms with E-state index in [0.29, 0.717) is 10.3 Å². The molecule has 0 spiro atoms. The number of rotatable bonds is 1. The highest BCUT2D eigenvalue weighted by molar-refractivity contribution is 9.10. The Balaban J connectivity index is 2.58. The van der Waals surface area contributed by atoms with Crippen LogP contribution in [0.15, 0.2) is 35.2 Å². The molecule has 0 saturated heterocycles. The number of hydrogen-bond acceptors (Lipinski definition) is 2. The monoisotopic (exact) mass is 266 g/mol. The van der Waals surface area contributed by atoms with Crippen molar-refractivity contribution < 1.29 is 4.39 Å². The predicted octanol–water partition coefficient (Wildman–Crippen LogP) is 3.35. The van der Waals surface area contributed by atoms with E-state index in [-0.39, 0.29) is 5.82 Å². The van der Waals surface area contributed by atoms with Gasteiger partial charge in [0.1, 0.15) is 16.7 Å². The van der Waals surface area contributed by atoms with Crippen molar-refractivity contribution >= 4 is 15.9 Å². The minimum atomic E-state index is -0.259. The van der Waals surface area contributed by atoms with Gasteiger partial charge in [0.15, 0.2) is 0 Å². The SMILES string of the molecule is Cc1ccc(F)cc1-c1cc(Br)ncn1. The van der Waals surface area contributed by atoms with Crippen molar-refractivity contribution in [3.63, 3.8) is 0 Å². The third-order valence-corrected chi connectivity index (χ3v) is 2.54. The summed E-state index contributed by atoms with van der Waals surface area (Å²) < 4.78 is 13.8. The number of benzene rings is 1. The summed E-state index contributed by atoms with van der Waals surface area (Å²) >= 11 is 3.26. The van der Waals surface area contributed by atoms with Crippen molar-refractivity contribution in [3.8, 4) is 11.3 Å². The van der Waals surface area contributed by atoms with E-state index in [1.165, 1.54) is 18.5 Å². The van der Waals surface area contributed by atoms with E-state index >= 15 is 0 Å². The molecule has 0 atom stereocenters. The van der Waals surface area contributed by atoms with E-state index in [1.54, 1.807) is 12.1 Å². The van der Waals surface area contributed by atoms with E-state index in [9.17, 15) is 4.39 Å². The Kier molecular flexibility index (Phi) is 2.77. The molecule has 1 heterocycles. The first kappa shape index (κ1) is 10.2. The third-order valence-electron chi connectivity index (χ3n) is 2.11. The smallest absolute Gasteiger partial charge is 0.123 e. The van der Waals surface area contributed by atoms with Crippen LogP contribution in [0.3, 0.4) is 0 Å². The van der Waals surface area contributed by atoms with Gasteiger partial charge in [0.25, 0.3) is 0 Å². The molecule has 0 aliphatic heterocycles. The normalized spacial score (nSPS) is 10.3. The first-order valence-electron chi connectivity index (χ1n) is 4.41. The van der Waals surface area contributed by atoms with Crippen LogP contribution in [0.5, 0.6) is 0 Å². The van der Waals surface area contributed by atoms with Gasteiger partial charge in [-0.3, -0.25) is 0 Å². The molecule has 0 amide bonds. The van der Waals surface area contributed by atoms with E-state index in [0.717, 1.165) is 11.1 Å². The predicted molar refractivity (Wildman–Crippen MR) is 59.9 cm³/mol. The Labute approximate surface area is 95.3 Å². The van der Waals surface area contributed by atoms with Crippen molar-refractivity contribution in [3.05, 3.63) is 46.6 Å². The molecule has 0 fully saturated rings. The van der Waals surface area contributed by atoms with Gasteiger partial charge in [-0.25, -0.2) is 14.4 Å². The molecular formula is C11H8BrFN2. The fraction of sp³-hybridized carbons (Fsp3) is 0.0909. The molecule has 2 rings (SSSR count). The lowest BCUT2D eigenvalue weighted by molar-refractivity contribution is 0.628. The molecule has 0 N–H and O–H groups in total. The molecule has 0 unspecified atom stereocenters. The van der Waals surface area contributed by atoms with E-state index in [1.807, 2.05) is 6.92 Å². The van der Waals surface area contributed by atoms with Gasteiger partial charge < -0.3 is 0 Å². The number of nitrogens with zero attached hydrogens (tertiary/aromatic N) is 2. The highest BCUT2D eigenvalue weighted by atomic mass is 79.9. The van der Waals surface area contributed by atoms with Crippen LogP contribution in [0.25, 0.3) is 11.3 Å². The van der Waals surface area contributed by atoms with Crippen LogP contribution in [0.1, 0.15) is 5.56 Å². The average molecular weight is 267 g/mol. The van der Waals surface area contributed by atoms with Gasteiger partial charge in [-0.2, -0.15) is 0 Å². The molecule has 2 aromatic rings. The first-order valence-corrected chi connectivity index (χ1v) is 5.20. The number of hydrogen-bond donors (Lipinski definition) is 0. The van der Waals surface area contributed by atoms with Crippen LogP contribution < -0.4 is 0 Å². The summed E-state index contributed by atoms with van der Waals surface area (Å²) in [5, 5.41) is 0. The minimum absolute atomic E-state index is 0.259. The molecule has 0 saturated carbocycles. The maximum Gasteiger partial charge on any atom is 0.123 e. The lowest BCUT2D eigenvalue weighted by Crippen LogP contribution is -1.89. The molecule has 0 aliphatic carbocycles. The zero-order valence-corrected chi connectivity index (χ0v) is 9.62. The van der Waals surface area contributed by atoms with Crippen LogP contribution in [-0.2, 0) is 0 Å². The summed E-state index contributed by atoms with van der Waals surface area (Å²) in [6.45, 7) is 1.92. The summed E-state index contributed by atoms with van der Waals surface area (Å²) in [7, 11) is 0. The van der Waals surface area contributed by atoms with Gasteiger partial charge in [-0.15, -0.1) is 0 Å². The summed E-state index contributed by atoms with van der Waals surface area (Å²) in [5.41, 5.74) is 2.49. The van der Waals surface area contributed by atoms with Gasteiger partial charge >= 0.3 is 0 Å². The quantitative estimate of drug-likeness (QED) is 0.740. The van der Waals surface area contributed by atoms with Crippen molar-refractivity contribution in [1.29, 1.82) is 0 Å². The van der Waals surface area contributed by atoms with Gasteiger partial charge in [-0.1, -0.05) is 6.07 Å². The van der Waals surface area contributed by atoms with Gasteiger partial charge in [0.2, 0.25) is 0 Å². The van der Waals surface area contributed by atoms with Crippen molar-refractivity contribution in [1.82, 2.24) is 9.97 Å². The largest absolute Gasteiger partial charge is 0.236 e. The molecule has 1 aromatic carbocycles. The van der Waals surface area contributed by atoms with Gasteiger partial charge in [-0.05, 0) is 46.6 Å². The summed E-state index contributed by atoms with van der Waals surface area (Å²) in [6, 6.07) is 6.42. The second kappa shape index (κ2) is 4.06. The second-order valence-corrected chi connectivity index (χ2v) is 4.00. The Morgan fingerprint density at radius 1 is 1.20 bits per heavy atom. The number of halogens is 2. The fourth-order valence-electron chi connectivity index (χ4n) is 1.35. The van der Waals surface area contributed by atoms with Crippen LogP contribution in [-0.4, -0.2) is 9.97 Å². The van der Waals surface area contributed by atoms with Gasteiger partial charge in [0, 0.05) is 5.56 Å². The molecule has 4 heteroatoms. The fourth-order valence-corrected chi connectivity index (χ4v) is 1.66. The van der Waals surface area contributed by atoms with Crippen molar-refractivity contribution in [2.24, 2.45) is 0 Å². The van der Waals surface area contributed by atoms with E-state index in [2.05, 4.69) is 25.9 Å². The molecule has 1 aromatic heterocycles. The van der Waals surface area contributed by atoms with Crippen molar-refractivity contribution in [2.75, 3.05) is 0 Å². The molecular weight excluding hydrogens is 259 g/mol. The second-order valence-electron chi connectivity index (χ2n) is 3.19. The number of aryl methyl sites for hydroxylation is 1. The Bertz CT molecular complexity index is 500. The topological polar surface area (TPSA) is 25.8 Å². The van der Waals surface area contributed by atoms with E-state index < -0.39 is 0 Å². The van der Waals surface area contributed by atoms with Gasteiger partial charge in [0.05, 0.1) is 5.69 Å². The third kappa shape index (κ3) is 2.21. The summed E-state index contributed by atoms with van der Waals surface area (Å²) in [5.74, 6) is -0.259. The standard InChI is InChI=1S/C11H8BrFN2/c1-7-2-3-8(13)4-9(7)10-5-11(12)15-6-14-10/h2-6H,1H3. The summed E-state index contributed by atoms with van der Waals surface area (Å²) in [4.78, 5) is 8.03. The lowest BCUT2D eigenvalue weighted by Gasteiger charge is -2.04. The molecule has 2 nitrogen and oxygen atoms in total. The van der Waals surface area contributed by atoms with Crippen molar-refractivity contribution in [2.45, 2.75) is 6.92 Å². The summed E-state index contributed by atoms with van der Waals surface area (Å²) in [6.07, 6.45) is 1.45. The zero-order chi connectivity index (χ0) is 10.8. The molecule has 0 aliphatic rings. The highest BCUT2D eigenvalue weighted by Crippen LogP contribution is 2.23. The maximum absolute atomic E-state index is 13.1. The van der Waals surface area contributed by atoms with Crippen LogP contribution >= 0.6 is 15.9 Å². The van der Waals surface area contributed by atoms with E-state index in [4.69, 9.17) is 0 Å². The average Bonchev–Trinajstić information content (AvgIpc) is 2.22. The van der Waals surface area contributed by atoms with Crippen LogP contribution in [0, 0.1) is 12.7 Å². The van der Waals surface area contributed by atoms with Crippen LogP contribution in [0.2, 0.25) is 0 Å². The molecule has 76 valence electrons. The maximum atomic E-state index is 13.1. The zero-order valence-electron chi connectivity index (χ0n) is 8.04. The first-order chi connectivity index (χ1) is 7.16. The Morgan fingerprint density at radius 3 is 2.73 bits per heavy atom. The Morgan fingerprint density at radius 2 is 2.00 bits per heavy atom. The Hall–Kier alpha value is -1.29. The van der Waals surface area contributed by atoms with Crippen LogP contribution in [0.4, 0.5) is 4.39 Å². The lowest BCUT2D eigenvalue weighted by atomic mass is 10.1. The molecule has 0 bridgehead atoms. The highest BCUT2D eigenvalue weighted by Gasteiger charge is 2.05. The molecule has 15 heavy (non-hydrogen) atoms. The molecule has 0 radical (unpaired) electrons. The minimum Gasteiger partial charge on any atom is -0.236 e.